The number of aromatic nitrogens is 1. The van der Waals surface area contributed by atoms with Crippen LogP contribution in [0.2, 0.25) is 5.02 Å². The zero-order chi connectivity index (χ0) is 19.6. The number of nitrogens with zero attached hydrogens (tertiary/aromatic N) is 1. The van der Waals surface area contributed by atoms with Crippen LogP contribution >= 0.6 is 11.6 Å². The quantitative estimate of drug-likeness (QED) is 0.464. The van der Waals surface area contributed by atoms with Crippen LogP contribution in [-0.4, -0.2) is 28.6 Å². The first-order valence-electron chi connectivity index (χ1n) is 7.69. The molecular weight excluding hydrogens is 387 g/mol. The van der Waals surface area contributed by atoms with Gasteiger partial charge in [-0.15, -0.1) is 0 Å². The lowest BCUT2D eigenvalue weighted by molar-refractivity contribution is -0.153. The lowest BCUT2D eigenvalue weighted by atomic mass is 10.2. The Bertz CT molecular complexity index is 984. The van der Waals surface area contributed by atoms with Crippen molar-refractivity contribution in [2.24, 2.45) is 0 Å². The SMILES string of the molecule is O=C(O)Oc1cccc2c1ccn2Cc1cc(Cl)ccc1OCC(F)(F)F. The van der Waals surface area contributed by atoms with Gasteiger partial charge in [-0.3, -0.25) is 0 Å². The number of hydrogen-bond donors (Lipinski definition) is 1. The first-order valence-corrected chi connectivity index (χ1v) is 8.07. The summed E-state index contributed by atoms with van der Waals surface area (Å²) in [7, 11) is 0. The molecule has 0 saturated heterocycles. The molecule has 142 valence electrons. The Balaban J connectivity index is 1.93. The second kappa shape index (κ2) is 7.40. The molecule has 3 rings (SSSR count). The molecule has 0 bridgehead atoms. The van der Waals surface area contributed by atoms with E-state index in [0.717, 1.165) is 0 Å². The molecule has 0 amide bonds. The number of fused-ring (bicyclic) bond motifs is 1. The van der Waals surface area contributed by atoms with Gasteiger partial charge in [0.15, 0.2) is 6.61 Å². The zero-order valence-corrected chi connectivity index (χ0v) is 14.4. The van der Waals surface area contributed by atoms with Crippen LogP contribution in [0.5, 0.6) is 11.5 Å². The van der Waals surface area contributed by atoms with Crippen molar-refractivity contribution in [1.82, 2.24) is 4.57 Å². The Morgan fingerprint density at radius 3 is 2.63 bits per heavy atom. The summed E-state index contributed by atoms with van der Waals surface area (Å²) in [4.78, 5) is 10.8. The largest absolute Gasteiger partial charge is 0.511 e. The van der Waals surface area contributed by atoms with Crippen molar-refractivity contribution in [2.45, 2.75) is 12.7 Å². The Labute approximate surface area is 156 Å². The molecule has 5 nitrogen and oxygen atoms in total. The van der Waals surface area contributed by atoms with Crippen molar-refractivity contribution in [2.75, 3.05) is 6.61 Å². The zero-order valence-electron chi connectivity index (χ0n) is 13.7. The maximum Gasteiger partial charge on any atom is 0.511 e. The topological polar surface area (TPSA) is 60.7 Å². The molecule has 0 unspecified atom stereocenters. The van der Waals surface area contributed by atoms with Crippen LogP contribution in [0.3, 0.4) is 0 Å². The molecule has 0 aliphatic heterocycles. The van der Waals surface area contributed by atoms with Gasteiger partial charge in [-0.1, -0.05) is 17.7 Å². The number of halogens is 4. The van der Waals surface area contributed by atoms with Crippen molar-refractivity contribution in [1.29, 1.82) is 0 Å². The molecule has 2 aromatic carbocycles. The number of benzene rings is 2. The Morgan fingerprint density at radius 2 is 1.93 bits per heavy atom. The van der Waals surface area contributed by atoms with Crippen molar-refractivity contribution >= 4 is 28.7 Å². The second-order valence-corrected chi connectivity index (χ2v) is 6.09. The molecule has 0 saturated carbocycles. The minimum absolute atomic E-state index is 0.0662. The number of hydrogen-bond acceptors (Lipinski definition) is 3. The summed E-state index contributed by atoms with van der Waals surface area (Å²) in [5, 5.41) is 9.72. The molecule has 0 radical (unpaired) electrons. The maximum atomic E-state index is 12.5. The Kier molecular flexibility index (Phi) is 5.18. The molecule has 0 aliphatic carbocycles. The molecule has 0 atom stereocenters. The van der Waals surface area contributed by atoms with Gasteiger partial charge in [0.2, 0.25) is 0 Å². The minimum Gasteiger partial charge on any atom is -0.484 e. The van der Waals surface area contributed by atoms with Crippen LogP contribution in [-0.2, 0) is 6.54 Å². The highest BCUT2D eigenvalue weighted by molar-refractivity contribution is 6.30. The fourth-order valence-electron chi connectivity index (χ4n) is 2.67. The lowest BCUT2D eigenvalue weighted by Gasteiger charge is -2.15. The number of ether oxygens (including phenoxy) is 2. The van der Waals surface area contributed by atoms with E-state index in [1.54, 1.807) is 29.0 Å². The van der Waals surface area contributed by atoms with Gasteiger partial charge in [0.1, 0.15) is 11.5 Å². The highest BCUT2D eigenvalue weighted by atomic mass is 35.5. The summed E-state index contributed by atoms with van der Waals surface area (Å²) in [6.07, 6.45) is -4.22. The summed E-state index contributed by atoms with van der Waals surface area (Å²) in [5.41, 5.74) is 1.10. The van der Waals surface area contributed by atoms with E-state index >= 15 is 0 Å². The summed E-state index contributed by atoms with van der Waals surface area (Å²) in [6.45, 7) is -1.24. The van der Waals surface area contributed by atoms with E-state index in [1.807, 2.05) is 0 Å². The van der Waals surface area contributed by atoms with Gasteiger partial charge < -0.3 is 19.1 Å². The van der Waals surface area contributed by atoms with Crippen LogP contribution in [0, 0.1) is 0 Å². The second-order valence-electron chi connectivity index (χ2n) is 5.66. The summed E-state index contributed by atoms with van der Waals surface area (Å²) in [6, 6.07) is 10.9. The smallest absolute Gasteiger partial charge is 0.484 e. The molecule has 27 heavy (non-hydrogen) atoms. The number of alkyl halides is 3. The number of carbonyl (C=O) groups is 1. The third-order valence-corrected chi connectivity index (χ3v) is 3.96. The summed E-state index contributed by atoms with van der Waals surface area (Å²) in [5.74, 6) is 0.231. The van der Waals surface area contributed by atoms with Gasteiger partial charge >= 0.3 is 12.3 Å². The van der Waals surface area contributed by atoms with Crippen molar-refractivity contribution in [3.63, 3.8) is 0 Å². The van der Waals surface area contributed by atoms with Crippen molar-refractivity contribution < 1.29 is 32.5 Å². The van der Waals surface area contributed by atoms with Crippen LogP contribution in [0.1, 0.15) is 5.56 Å². The number of carboxylic acid groups (broad SMARTS) is 1. The van der Waals surface area contributed by atoms with Crippen molar-refractivity contribution in [3.05, 3.63) is 59.2 Å². The van der Waals surface area contributed by atoms with Gasteiger partial charge in [0.25, 0.3) is 0 Å². The predicted octanol–water partition coefficient (Wildman–Crippen LogP) is 5.34. The standard InChI is InChI=1S/C18H13ClF3NO4/c19-12-4-5-15(26-10-18(20,21)22)11(8-12)9-23-7-6-13-14(23)2-1-3-16(13)27-17(24)25/h1-8H,9-10H2,(H,24,25). The summed E-state index contributed by atoms with van der Waals surface area (Å²) >= 11 is 5.98. The van der Waals surface area contributed by atoms with Gasteiger partial charge in [-0.2, -0.15) is 13.2 Å². The van der Waals surface area contributed by atoms with E-state index in [0.29, 0.717) is 21.5 Å². The Morgan fingerprint density at radius 1 is 1.15 bits per heavy atom. The fraction of sp³-hybridized carbons (Fsp3) is 0.167. The molecule has 0 aliphatic rings. The van der Waals surface area contributed by atoms with E-state index in [9.17, 15) is 18.0 Å². The highest BCUT2D eigenvalue weighted by Crippen LogP contribution is 2.30. The third-order valence-electron chi connectivity index (χ3n) is 3.73. The average Bonchev–Trinajstić information content (AvgIpc) is 2.97. The van der Waals surface area contributed by atoms with Crippen LogP contribution in [0.15, 0.2) is 48.7 Å². The molecule has 9 heteroatoms. The van der Waals surface area contributed by atoms with E-state index in [1.165, 1.54) is 24.3 Å². The normalized spacial score (nSPS) is 11.6. The molecule has 1 aromatic heterocycles. The van der Waals surface area contributed by atoms with Crippen LogP contribution < -0.4 is 9.47 Å². The van der Waals surface area contributed by atoms with E-state index in [2.05, 4.69) is 0 Å². The molecule has 0 fully saturated rings. The first-order chi connectivity index (χ1) is 12.7. The van der Waals surface area contributed by atoms with E-state index in [4.69, 9.17) is 26.2 Å². The van der Waals surface area contributed by atoms with Crippen LogP contribution in [0.4, 0.5) is 18.0 Å². The van der Waals surface area contributed by atoms with E-state index < -0.39 is 18.9 Å². The molecule has 1 heterocycles. The summed E-state index contributed by atoms with van der Waals surface area (Å²) < 4.78 is 48.8. The average molecular weight is 400 g/mol. The van der Waals surface area contributed by atoms with Crippen LogP contribution in [0.25, 0.3) is 10.9 Å². The maximum absolute atomic E-state index is 12.5. The molecule has 1 N–H and O–H groups in total. The first kappa shape index (κ1) is 18.9. The van der Waals surface area contributed by atoms with E-state index in [-0.39, 0.29) is 18.0 Å². The fourth-order valence-corrected chi connectivity index (χ4v) is 2.87. The Hall–Kier alpha value is -2.87. The third kappa shape index (κ3) is 4.65. The predicted molar refractivity (Wildman–Crippen MR) is 92.7 cm³/mol. The minimum atomic E-state index is -4.46. The van der Waals surface area contributed by atoms with Crippen molar-refractivity contribution in [3.8, 4) is 11.5 Å². The van der Waals surface area contributed by atoms with Gasteiger partial charge in [-0.05, 0) is 36.4 Å². The monoisotopic (exact) mass is 399 g/mol. The highest BCUT2D eigenvalue weighted by Gasteiger charge is 2.28. The lowest BCUT2D eigenvalue weighted by Crippen LogP contribution is -2.20. The van der Waals surface area contributed by atoms with Gasteiger partial charge in [-0.25, -0.2) is 4.79 Å². The molecular formula is C18H13ClF3NO4. The molecule has 3 aromatic rings. The van der Waals surface area contributed by atoms with Gasteiger partial charge in [0, 0.05) is 22.2 Å². The number of rotatable bonds is 5. The van der Waals surface area contributed by atoms with Gasteiger partial charge in [0.05, 0.1) is 12.1 Å². The molecule has 0 spiro atoms.